The molecule has 0 spiro atoms. The van der Waals surface area contributed by atoms with E-state index in [1.54, 1.807) is 5.38 Å². The SMILES string of the molecule is Cl.O=C(NCC1CCCN1)c1csc(-c2ccccc2Cl)n1. The van der Waals surface area contributed by atoms with Gasteiger partial charge < -0.3 is 10.6 Å². The van der Waals surface area contributed by atoms with Gasteiger partial charge >= 0.3 is 0 Å². The molecule has 2 aromatic rings. The molecule has 1 aromatic heterocycles. The van der Waals surface area contributed by atoms with Gasteiger partial charge in [-0.15, -0.1) is 23.7 Å². The van der Waals surface area contributed by atoms with Crippen LogP contribution in [0.4, 0.5) is 0 Å². The van der Waals surface area contributed by atoms with Crippen LogP contribution in [0.2, 0.25) is 5.02 Å². The second-order valence-electron chi connectivity index (χ2n) is 5.02. The highest BCUT2D eigenvalue weighted by Crippen LogP contribution is 2.29. The van der Waals surface area contributed by atoms with Crippen LogP contribution >= 0.6 is 35.3 Å². The van der Waals surface area contributed by atoms with Crippen LogP contribution in [0.1, 0.15) is 23.3 Å². The number of amides is 1. The summed E-state index contributed by atoms with van der Waals surface area (Å²) in [6.45, 7) is 1.69. The van der Waals surface area contributed by atoms with Gasteiger partial charge in [-0.3, -0.25) is 4.79 Å². The lowest BCUT2D eigenvalue weighted by Crippen LogP contribution is -2.37. The fourth-order valence-corrected chi connectivity index (χ4v) is 3.49. The molecule has 2 N–H and O–H groups in total. The lowest BCUT2D eigenvalue weighted by Gasteiger charge is -2.10. The van der Waals surface area contributed by atoms with Crippen LogP contribution in [-0.4, -0.2) is 30.0 Å². The lowest BCUT2D eigenvalue weighted by molar-refractivity contribution is 0.0946. The maximum atomic E-state index is 12.1. The number of nitrogens with one attached hydrogen (secondary N) is 2. The standard InChI is InChI=1S/C15H16ClN3OS.ClH/c16-12-6-2-1-5-11(12)15-19-13(9-21-15)14(20)18-8-10-4-3-7-17-10;/h1-2,5-6,9-10,17H,3-4,7-8H2,(H,18,20);1H. The molecule has 1 unspecified atom stereocenters. The maximum Gasteiger partial charge on any atom is 0.270 e. The second-order valence-corrected chi connectivity index (χ2v) is 6.29. The zero-order valence-corrected chi connectivity index (χ0v) is 14.2. The minimum Gasteiger partial charge on any atom is -0.349 e. The van der Waals surface area contributed by atoms with E-state index >= 15 is 0 Å². The molecule has 2 heterocycles. The molecule has 1 aliphatic rings. The highest BCUT2D eigenvalue weighted by atomic mass is 35.5. The molecule has 4 nitrogen and oxygen atoms in total. The Morgan fingerprint density at radius 2 is 2.27 bits per heavy atom. The lowest BCUT2D eigenvalue weighted by atomic mass is 10.2. The summed E-state index contributed by atoms with van der Waals surface area (Å²) >= 11 is 7.58. The third-order valence-electron chi connectivity index (χ3n) is 3.51. The Labute approximate surface area is 144 Å². The highest BCUT2D eigenvalue weighted by Gasteiger charge is 2.17. The van der Waals surface area contributed by atoms with Crippen molar-refractivity contribution in [1.82, 2.24) is 15.6 Å². The number of aromatic nitrogens is 1. The van der Waals surface area contributed by atoms with E-state index in [-0.39, 0.29) is 18.3 Å². The average molecular weight is 358 g/mol. The number of hydrogen-bond acceptors (Lipinski definition) is 4. The molecular formula is C15H17Cl2N3OS. The molecule has 0 aliphatic carbocycles. The monoisotopic (exact) mass is 357 g/mol. The minimum absolute atomic E-state index is 0. The van der Waals surface area contributed by atoms with E-state index in [0.29, 0.717) is 23.3 Å². The summed E-state index contributed by atoms with van der Waals surface area (Å²) in [5.41, 5.74) is 1.31. The van der Waals surface area contributed by atoms with E-state index in [4.69, 9.17) is 11.6 Å². The van der Waals surface area contributed by atoms with E-state index in [1.165, 1.54) is 17.8 Å². The van der Waals surface area contributed by atoms with Crippen LogP contribution in [0.5, 0.6) is 0 Å². The zero-order valence-electron chi connectivity index (χ0n) is 11.8. The Hall–Kier alpha value is -1.14. The van der Waals surface area contributed by atoms with Crippen molar-refractivity contribution in [3.63, 3.8) is 0 Å². The van der Waals surface area contributed by atoms with Gasteiger partial charge in [0.15, 0.2) is 0 Å². The number of hydrogen-bond donors (Lipinski definition) is 2. The van der Waals surface area contributed by atoms with Crippen LogP contribution in [-0.2, 0) is 0 Å². The Bertz CT molecular complexity index is 641. The first-order chi connectivity index (χ1) is 10.2. The van der Waals surface area contributed by atoms with Crippen LogP contribution in [0.15, 0.2) is 29.6 Å². The van der Waals surface area contributed by atoms with Gasteiger partial charge in [0.25, 0.3) is 5.91 Å². The summed E-state index contributed by atoms with van der Waals surface area (Å²) in [6, 6.07) is 7.90. The van der Waals surface area contributed by atoms with Gasteiger partial charge in [0.2, 0.25) is 0 Å². The quantitative estimate of drug-likeness (QED) is 0.881. The summed E-state index contributed by atoms with van der Waals surface area (Å²) in [7, 11) is 0. The molecule has 0 saturated carbocycles. The summed E-state index contributed by atoms with van der Waals surface area (Å²) in [5, 5.41) is 9.47. The number of carbonyl (C=O) groups excluding carboxylic acids is 1. The third kappa shape index (κ3) is 3.98. The highest BCUT2D eigenvalue weighted by molar-refractivity contribution is 7.13. The van der Waals surface area contributed by atoms with Crippen molar-refractivity contribution in [3.8, 4) is 10.6 Å². The minimum atomic E-state index is -0.127. The van der Waals surface area contributed by atoms with Crippen LogP contribution in [0.3, 0.4) is 0 Å². The van der Waals surface area contributed by atoms with E-state index in [2.05, 4.69) is 15.6 Å². The topological polar surface area (TPSA) is 54.0 Å². The molecule has 1 aromatic carbocycles. The summed E-state index contributed by atoms with van der Waals surface area (Å²) in [4.78, 5) is 16.5. The Morgan fingerprint density at radius 1 is 1.45 bits per heavy atom. The van der Waals surface area contributed by atoms with Gasteiger partial charge in [-0.25, -0.2) is 4.98 Å². The van der Waals surface area contributed by atoms with Gasteiger partial charge in [-0.05, 0) is 25.5 Å². The second kappa shape index (κ2) is 7.92. The first kappa shape index (κ1) is 17.2. The average Bonchev–Trinajstić information content (AvgIpc) is 3.17. The molecular weight excluding hydrogens is 341 g/mol. The predicted molar refractivity (Wildman–Crippen MR) is 93.2 cm³/mol. The van der Waals surface area contributed by atoms with Crippen molar-refractivity contribution in [2.75, 3.05) is 13.1 Å². The maximum absolute atomic E-state index is 12.1. The van der Waals surface area contributed by atoms with Gasteiger partial charge in [0.1, 0.15) is 10.7 Å². The van der Waals surface area contributed by atoms with Crippen molar-refractivity contribution < 1.29 is 4.79 Å². The van der Waals surface area contributed by atoms with Gasteiger partial charge in [0.05, 0.1) is 5.02 Å². The number of nitrogens with zero attached hydrogens (tertiary/aromatic N) is 1. The summed E-state index contributed by atoms with van der Waals surface area (Å²) < 4.78 is 0. The molecule has 0 bridgehead atoms. The Kier molecular flexibility index (Phi) is 6.20. The number of carbonyl (C=O) groups is 1. The van der Waals surface area contributed by atoms with E-state index in [1.807, 2.05) is 24.3 Å². The molecule has 22 heavy (non-hydrogen) atoms. The molecule has 1 saturated heterocycles. The molecule has 1 atom stereocenters. The fraction of sp³-hybridized carbons (Fsp3) is 0.333. The number of halogens is 2. The number of rotatable bonds is 4. The summed E-state index contributed by atoms with van der Waals surface area (Å²) in [6.07, 6.45) is 2.29. The van der Waals surface area contributed by atoms with E-state index in [0.717, 1.165) is 23.5 Å². The first-order valence-electron chi connectivity index (χ1n) is 6.96. The predicted octanol–water partition coefficient (Wildman–Crippen LogP) is 3.37. The van der Waals surface area contributed by atoms with Crippen LogP contribution in [0.25, 0.3) is 10.6 Å². The van der Waals surface area contributed by atoms with Crippen molar-refractivity contribution in [2.24, 2.45) is 0 Å². The van der Waals surface area contributed by atoms with Gasteiger partial charge in [-0.2, -0.15) is 0 Å². The first-order valence-corrected chi connectivity index (χ1v) is 8.22. The smallest absolute Gasteiger partial charge is 0.270 e. The molecule has 1 amide bonds. The fourth-order valence-electron chi connectivity index (χ4n) is 2.37. The van der Waals surface area contributed by atoms with E-state index < -0.39 is 0 Å². The number of thiazole rings is 1. The molecule has 1 fully saturated rings. The molecule has 7 heteroatoms. The van der Waals surface area contributed by atoms with Crippen molar-refractivity contribution in [2.45, 2.75) is 18.9 Å². The number of benzene rings is 1. The zero-order chi connectivity index (χ0) is 14.7. The van der Waals surface area contributed by atoms with Gasteiger partial charge in [-0.1, -0.05) is 29.8 Å². The largest absolute Gasteiger partial charge is 0.349 e. The summed E-state index contributed by atoms with van der Waals surface area (Å²) in [5.74, 6) is -0.127. The Morgan fingerprint density at radius 3 is 3.00 bits per heavy atom. The molecule has 1 aliphatic heterocycles. The molecule has 3 rings (SSSR count). The van der Waals surface area contributed by atoms with Crippen molar-refractivity contribution >= 4 is 41.3 Å². The van der Waals surface area contributed by atoms with Crippen molar-refractivity contribution in [3.05, 3.63) is 40.4 Å². The molecule has 118 valence electrons. The molecule has 0 radical (unpaired) electrons. The Balaban J connectivity index is 0.00000176. The van der Waals surface area contributed by atoms with Gasteiger partial charge in [0, 0.05) is 23.5 Å². The third-order valence-corrected chi connectivity index (χ3v) is 4.72. The van der Waals surface area contributed by atoms with Crippen molar-refractivity contribution in [1.29, 1.82) is 0 Å². The van der Waals surface area contributed by atoms with Crippen LogP contribution in [0, 0.1) is 0 Å². The normalized spacial score (nSPS) is 17.0. The van der Waals surface area contributed by atoms with E-state index in [9.17, 15) is 4.79 Å². The van der Waals surface area contributed by atoms with Crippen LogP contribution < -0.4 is 10.6 Å².